The van der Waals surface area contributed by atoms with E-state index in [9.17, 15) is 9.18 Å². The normalized spacial score (nSPS) is 23.8. The summed E-state index contributed by atoms with van der Waals surface area (Å²) in [5.74, 6) is 0.593. The molecule has 3 nitrogen and oxygen atoms in total. The predicted octanol–water partition coefficient (Wildman–Crippen LogP) is 2.78. The number of amides is 1. The van der Waals surface area contributed by atoms with Crippen molar-refractivity contribution >= 4 is 5.91 Å². The van der Waals surface area contributed by atoms with Crippen molar-refractivity contribution in [2.45, 2.75) is 12.5 Å². The molecule has 4 heteroatoms. The third-order valence-corrected chi connectivity index (χ3v) is 5.00. The van der Waals surface area contributed by atoms with Crippen LogP contribution >= 0.6 is 0 Å². The lowest BCUT2D eigenvalue weighted by molar-refractivity contribution is 0.0951. The van der Waals surface area contributed by atoms with Crippen LogP contribution in [0.1, 0.15) is 27.4 Å². The van der Waals surface area contributed by atoms with E-state index in [0.717, 1.165) is 29.8 Å². The lowest BCUT2D eigenvalue weighted by Gasteiger charge is -2.17. The smallest absolute Gasteiger partial charge is 0.251 e. The number of benzene rings is 2. The number of rotatable bonds is 2. The Morgan fingerprint density at radius 3 is 2.74 bits per heavy atom. The Bertz CT molecular complexity index is 746. The van der Waals surface area contributed by atoms with Crippen molar-refractivity contribution in [2.75, 3.05) is 19.6 Å². The van der Waals surface area contributed by atoms with Crippen LogP contribution in [0.3, 0.4) is 0 Å². The molecule has 2 atom stereocenters. The minimum atomic E-state index is -0.145. The number of carbonyl (C=O) groups excluding carboxylic acids is 1. The summed E-state index contributed by atoms with van der Waals surface area (Å²) in [5.41, 5.74) is 2.65. The highest BCUT2D eigenvalue weighted by molar-refractivity contribution is 5.96. The number of hydrogen-bond acceptors (Lipinski definition) is 2. The van der Waals surface area contributed by atoms with Crippen molar-refractivity contribution in [2.24, 2.45) is 5.92 Å². The van der Waals surface area contributed by atoms with Gasteiger partial charge < -0.3 is 5.32 Å². The molecule has 2 aromatic carbocycles. The first-order chi connectivity index (χ1) is 11.2. The second-order valence-electron chi connectivity index (χ2n) is 6.45. The van der Waals surface area contributed by atoms with Crippen LogP contribution in [0.25, 0.3) is 0 Å². The maximum absolute atomic E-state index is 13.9. The average molecular weight is 310 g/mol. The lowest BCUT2D eigenvalue weighted by Crippen LogP contribution is -2.29. The summed E-state index contributed by atoms with van der Waals surface area (Å²) >= 11 is 0. The monoisotopic (exact) mass is 310 g/mol. The van der Waals surface area contributed by atoms with Gasteiger partial charge in [-0.1, -0.05) is 36.4 Å². The lowest BCUT2D eigenvalue weighted by atomic mass is 9.87. The summed E-state index contributed by atoms with van der Waals surface area (Å²) < 4.78 is 13.9. The highest BCUT2D eigenvalue weighted by Crippen LogP contribution is 2.36. The maximum atomic E-state index is 13.9. The van der Waals surface area contributed by atoms with Crippen molar-refractivity contribution in [3.8, 4) is 0 Å². The molecule has 0 saturated carbocycles. The molecule has 4 rings (SSSR count). The number of fused-ring (bicyclic) bond motifs is 3. The van der Waals surface area contributed by atoms with Crippen LogP contribution in [0.5, 0.6) is 0 Å². The zero-order valence-corrected chi connectivity index (χ0v) is 12.8. The van der Waals surface area contributed by atoms with Gasteiger partial charge in [0.1, 0.15) is 5.82 Å². The van der Waals surface area contributed by atoms with Crippen LogP contribution in [0.2, 0.25) is 0 Å². The van der Waals surface area contributed by atoms with Crippen LogP contribution in [-0.4, -0.2) is 30.4 Å². The summed E-state index contributed by atoms with van der Waals surface area (Å²) in [5, 5.41) is 3.03. The zero-order valence-electron chi connectivity index (χ0n) is 12.8. The van der Waals surface area contributed by atoms with E-state index >= 15 is 0 Å². The molecule has 1 saturated heterocycles. The minimum Gasteiger partial charge on any atom is -0.352 e. The third kappa shape index (κ3) is 2.63. The molecule has 2 aromatic rings. The van der Waals surface area contributed by atoms with Crippen molar-refractivity contribution in [1.29, 1.82) is 0 Å². The molecule has 23 heavy (non-hydrogen) atoms. The first-order valence-corrected chi connectivity index (χ1v) is 8.05. The summed E-state index contributed by atoms with van der Waals surface area (Å²) in [6, 6.07) is 14.8. The Balaban J connectivity index is 1.59. The molecular weight excluding hydrogens is 291 g/mol. The molecular formula is C19H19FN2O. The van der Waals surface area contributed by atoms with E-state index in [1.807, 2.05) is 30.3 Å². The van der Waals surface area contributed by atoms with Gasteiger partial charge in [0.25, 0.3) is 5.91 Å². The zero-order chi connectivity index (χ0) is 15.8. The molecule has 1 amide bonds. The van der Waals surface area contributed by atoms with Crippen LogP contribution in [0.15, 0.2) is 48.5 Å². The Morgan fingerprint density at radius 2 is 1.87 bits per heavy atom. The third-order valence-electron chi connectivity index (χ3n) is 5.00. The van der Waals surface area contributed by atoms with E-state index < -0.39 is 0 Å². The Morgan fingerprint density at radius 1 is 1.09 bits per heavy atom. The van der Waals surface area contributed by atoms with Gasteiger partial charge in [0.15, 0.2) is 0 Å². The molecule has 1 fully saturated rings. The first-order valence-electron chi connectivity index (χ1n) is 8.05. The van der Waals surface area contributed by atoms with Crippen molar-refractivity contribution in [3.05, 3.63) is 71.0 Å². The summed E-state index contributed by atoms with van der Waals surface area (Å²) in [6.07, 6.45) is 0. The highest BCUT2D eigenvalue weighted by atomic mass is 19.1. The van der Waals surface area contributed by atoms with Gasteiger partial charge in [0.2, 0.25) is 0 Å². The largest absolute Gasteiger partial charge is 0.352 e. The highest BCUT2D eigenvalue weighted by Gasteiger charge is 2.37. The number of likely N-dealkylation sites (tertiary alicyclic amines) is 1. The molecule has 2 aliphatic heterocycles. The summed E-state index contributed by atoms with van der Waals surface area (Å²) in [6.45, 7) is 3.06. The Hall–Kier alpha value is -2.20. The fourth-order valence-electron chi connectivity index (χ4n) is 3.86. The molecule has 2 aliphatic rings. The maximum Gasteiger partial charge on any atom is 0.251 e. The van der Waals surface area contributed by atoms with Crippen LogP contribution < -0.4 is 5.32 Å². The van der Waals surface area contributed by atoms with E-state index in [4.69, 9.17) is 0 Å². The number of hydrogen-bond donors (Lipinski definition) is 1. The molecule has 0 bridgehead atoms. The second-order valence-corrected chi connectivity index (χ2v) is 6.45. The topological polar surface area (TPSA) is 32.3 Å². The molecule has 0 spiro atoms. The Labute approximate surface area is 135 Å². The van der Waals surface area contributed by atoms with Gasteiger partial charge in [0.05, 0.1) is 0 Å². The van der Waals surface area contributed by atoms with E-state index in [0.29, 0.717) is 24.9 Å². The van der Waals surface area contributed by atoms with E-state index in [1.165, 1.54) is 6.07 Å². The van der Waals surface area contributed by atoms with Gasteiger partial charge in [-0.3, -0.25) is 9.69 Å². The fraction of sp³-hybridized carbons (Fsp3) is 0.316. The van der Waals surface area contributed by atoms with Gasteiger partial charge in [-0.05, 0) is 23.6 Å². The van der Waals surface area contributed by atoms with Crippen molar-refractivity contribution in [1.82, 2.24) is 10.2 Å². The molecule has 2 heterocycles. The molecule has 0 unspecified atom stereocenters. The average Bonchev–Trinajstić information content (AvgIpc) is 2.92. The molecule has 0 aromatic heterocycles. The number of nitrogens with zero attached hydrogens (tertiary/aromatic N) is 1. The Kier molecular flexibility index (Phi) is 3.62. The molecule has 1 N–H and O–H groups in total. The predicted molar refractivity (Wildman–Crippen MR) is 86.7 cm³/mol. The first kappa shape index (κ1) is 14.4. The quantitative estimate of drug-likeness (QED) is 0.925. The van der Waals surface area contributed by atoms with Crippen LogP contribution in [-0.2, 0) is 6.54 Å². The number of halogens is 1. The molecule has 0 radical (unpaired) electrons. The number of nitrogens with one attached hydrogen (secondary N) is 1. The van der Waals surface area contributed by atoms with Gasteiger partial charge in [-0.25, -0.2) is 4.39 Å². The fourth-order valence-corrected chi connectivity index (χ4v) is 3.86. The van der Waals surface area contributed by atoms with E-state index in [-0.39, 0.29) is 11.7 Å². The minimum absolute atomic E-state index is 0.0238. The van der Waals surface area contributed by atoms with Gasteiger partial charge in [-0.2, -0.15) is 0 Å². The van der Waals surface area contributed by atoms with Crippen LogP contribution in [0.4, 0.5) is 4.39 Å². The SMILES string of the molecule is O=C1NC[C@H]2CN(Cc3ccccc3F)C[C@@H]2c2ccccc21. The van der Waals surface area contributed by atoms with Crippen molar-refractivity contribution < 1.29 is 9.18 Å². The van der Waals surface area contributed by atoms with Gasteiger partial charge in [-0.15, -0.1) is 0 Å². The summed E-state index contributed by atoms with van der Waals surface area (Å²) in [7, 11) is 0. The number of carbonyl (C=O) groups is 1. The second kappa shape index (κ2) is 5.78. The summed E-state index contributed by atoms with van der Waals surface area (Å²) in [4.78, 5) is 14.5. The standard InChI is InChI=1S/C19H19FN2O/c20-18-8-4-1-5-13(18)10-22-11-14-9-21-19(23)16-7-3-2-6-15(16)17(14)12-22/h1-8,14,17H,9-12H2,(H,21,23)/t14-,17-/m0/s1. The van der Waals surface area contributed by atoms with E-state index in [1.54, 1.807) is 6.07 Å². The van der Waals surface area contributed by atoms with Crippen LogP contribution in [0, 0.1) is 11.7 Å². The van der Waals surface area contributed by atoms with E-state index in [2.05, 4.69) is 16.3 Å². The van der Waals surface area contributed by atoms with Gasteiger partial charge >= 0.3 is 0 Å². The van der Waals surface area contributed by atoms with Gasteiger partial charge in [0, 0.05) is 43.2 Å². The molecule has 118 valence electrons. The molecule has 0 aliphatic carbocycles. The van der Waals surface area contributed by atoms with Crippen molar-refractivity contribution in [3.63, 3.8) is 0 Å².